The Morgan fingerprint density at radius 1 is 1.18 bits per heavy atom. The molecule has 1 aromatic carbocycles. The topological polar surface area (TPSA) is 58.1 Å². The Kier molecular flexibility index (Phi) is 4.43. The van der Waals surface area contributed by atoms with E-state index in [-0.39, 0.29) is 23.4 Å². The predicted molar refractivity (Wildman–Crippen MR) is 108 cm³/mol. The zero-order chi connectivity index (χ0) is 19.1. The van der Waals surface area contributed by atoms with Gasteiger partial charge >= 0.3 is 0 Å². The summed E-state index contributed by atoms with van der Waals surface area (Å²) in [5.41, 5.74) is 1.90. The van der Waals surface area contributed by atoms with E-state index in [9.17, 15) is 4.79 Å². The molecule has 2 aliphatic heterocycles. The zero-order valence-electron chi connectivity index (χ0n) is 16.4. The Morgan fingerprint density at radius 3 is 2.79 bits per heavy atom. The fraction of sp³-hybridized carbons (Fsp3) is 0.522. The highest BCUT2D eigenvalue weighted by atomic mass is 16.2. The van der Waals surface area contributed by atoms with Crippen LogP contribution in [0.3, 0.4) is 0 Å². The predicted octanol–water partition coefficient (Wildman–Crippen LogP) is 3.22. The van der Waals surface area contributed by atoms with E-state index < -0.39 is 0 Å². The van der Waals surface area contributed by atoms with Crippen molar-refractivity contribution in [2.24, 2.45) is 5.41 Å². The third-order valence-electron chi connectivity index (χ3n) is 7.32. The maximum Gasteiger partial charge on any atom is 0.274 e. The van der Waals surface area contributed by atoms with E-state index in [0.717, 1.165) is 19.3 Å². The fourth-order valence-corrected chi connectivity index (χ4v) is 5.99. The van der Waals surface area contributed by atoms with Gasteiger partial charge < -0.3 is 10.2 Å². The van der Waals surface area contributed by atoms with Crippen LogP contribution in [0, 0.1) is 5.41 Å². The molecular formula is C23H28N4O. The van der Waals surface area contributed by atoms with Crippen LogP contribution >= 0.6 is 0 Å². The largest absolute Gasteiger partial charge is 0.329 e. The van der Waals surface area contributed by atoms with Gasteiger partial charge in [-0.15, -0.1) is 5.10 Å². The lowest BCUT2D eigenvalue weighted by molar-refractivity contribution is 0.00263. The maximum atomic E-state index is 13.7. The number of likely N-dealkylation sites (tertiary alicyclic amines) is 1. The van der Waals surface area contributed by atoms with Crippen LogP contribution in [0.4, 0.5) is 0 Å². The molecule has 5 atom stereocenters. The molecule has 5 rings (SSSR count). The summed E-state index contributed by atoms with van der Waals surface area (Å²) in [5.74, 6) is 0.0410. The minimum Gasteiger partial charge on any atom is -0.329 e. The number of rotatable bonds is 3. The highest BCUT2D eigenvalue weighted by molar-refractivity contribution is 5.93. The number of amides is 1. The summed E-state index contributed by atoms with van der Waals surface area (Å²) in [6.45, 7) is 2.40. The van der Waals surface area contributed by atoms with Gasteiger partial charge in [0.25, 0.3) is 5.91 Å². The van der Waals surface area contributed by atoms with Gasteiger partial charge in [0.05, 0.1) is 6.04 Å². The number of hydrogen-bond donors (Lipinski definition) is 1. The van der Waals surface area contributed by atoms with Crippen LogP contribution in [0.1, 0.15) is 55.1 Å². The molecule has 1 saturated carbocycles. The number of carbonyl (C=O) groups is 1. The van der Waals surface area contributed by atoms with Gasteiger partial charge in [0.15, 0.2) is 5.69 Å². The molecule has 1 aromatic heterocycles. The summed E-state index contributed by atoms with van der Waals surface area (Å²) >= 11 is 0. The molecule has 146 valence electrons. The van der Waals surface area contributed by atoms with Crippen molar-refractivity contribution < 1.29 is 4.79 Å². The van der Waals surface area contributed by atoms with Crippen molar-refractivity contribution in [1.82, 2.24) is 20.4 Å². The Bertz CT molecular complexity index is 842. The van der Waals surface area contributed by atoms with Crippen molar-refractivity contribution >= 4 is 5.91 Å². The van der Waals surface area contributed by atoms with Gasteiger partial charge in [-0.1, -0.05) is 50.1 Å². The minimum atomic E-state index is 0.0410. The van der Waals surface area contributed by atoms with E-state index >= 15 is 0 Å². The molecule has 3 fully saturated rings. The molecule has 0 radical (unpaired) electrons. The molecule has 5 heteroatoms. The highest BCUT2D eigenvalue weighted by Gasteiger charge is 2.59. The van der Waals surface area contributed by atoms with Gasteiger partial charge in [-0.2, -0.15) is 5.10 Å². The summed E-state index contributed by atoms with van der Waals surface area (Å²) in [4.78, 5) is 15.9. The molecule has 28 heavy (non-hydrogen) atoms. The second kappa shape index (κ2) is 6.96. The van der Waals surface area contributed by atoms with E-state index in [4.69, 9.17) is 0 Å². The molecule has 3 heterocycles. The molecule has 2 bridgehead atoms. The minimum absolute atomic E-state index is 0.0410. The Hall–Kier alpha value is -2.27. The number of piperidine rings is 1. The molecule has 5 nitrogen and oxygen atoms in total. The standard InChI is InChI=1S/C23H28N4O/c1-23-15-18-19(14-16-8-3-2-4-9-16)27(22(28)17-10-7-13-24-26-17)21(23)12-6-5-11-20(23)25-18/h2-4,7-10,13,18-21,25H,5-6,11-12,14-15H2,1H3/t18-,19-,20-,21+,23-/m0/s1. The van der Waals surface area contributed by atoms with Crippen LogP contribution in [0.15, 0.2) is 48.7 Å². The van der Waals surface area contributed by atoms with E-state index in [1.807, 2.05) is 0 Å². The molecule has 0 spiro atoms. The van der Waals surface area contributed by atoms with Gasteiger partial charge in [0.1, 0.15) is 0 Å². The smallest absolute Gasteiger partial charge is 0.274 e. The molecule has 3 aliphatic rings. The van der Waals surface area contributed by atoms with Crippen molar-refractivity contribution in [1.29, 1.82) is 0 Å². The van der Waals surface area contributed by atoms with Crippen molar-refractivity contribution in [3.63, 3.8) is 0 Å². The average Bonchev–Trinajstić information content (AvgIpc) is 2.94. The Morgan fingerprint density at radius 2 is 2.00 bits per heavy atom. The number of nitrogens with zero attached hydrogens (tertiary/aromatic N) is 3. The van der Waals surface area contributed by atoms with E-state index in [1.165, 1.54) is 24.8 Å². The van der Waals surface area contributed by atoms with Crippen LogP contribution < -0.4 is 5.32 Å². The molecular weight excluding hydrogens is 348 g/mol. The lowest BCUT2D eigenvalue weighted by atomic mass is 9.69. The van der Waals surface area contributed by atoms with Crippen LogP contribution in [0.25, 0.3) is 0 Å². The first-order valence-corrected chi connectivity index (χ1v) is 10.6. The van der Waals surface area contributed by atoms with E-state index in [1.54, 1.807) is 18.3 Å². The second-order valence-electron chi connectivity index (χ2n) is 8.91. The van der Waals surface area contributed by atoms with E-state index in [0.29, 0.717) is 17.8 Å². The van der Waals surface area contributed by atoms with Gasteiger partial charge in [-0.3, -0.25) is 4.79 Å². The summed E-state index contributed by atoms with van der Waals surface area (Å²) < 4.78 is 0. The molecule has 1 N–H and O–H groups in total. The highest BCUT2D eigenvalue weighted by Crippen LogP contribution is 2.51. The van der Waals surface area contributed by atoms with Gasteiger partial charge in [-0.05, 0) is 43.4 Å². The lowest BCUT2D eigenvalue weighted by Gasteiger charge is -2.51. The molecule has 1 amide bonds. The van der Waals surface area contributed by atoms with Crippen LogP contribution in [0.2, 0.25) is 0 Å². The fourth-order valence-electron chi connectivity index (χ4n) is 5.99. The average molecular weight is 377 g/mol. The maximum absolute atomic E-state index is 13.7. The number of aromatic nitrogens is 2. The van der Waals surface area contributed by atoms with E-state index in [2.05, 4.69) is 57.7 Å². The van der Waals surface area contributed by atoms with Crippen LogP contribution in [-0.4, -0.2) is 45.2 Å². The van der Waals surface area contributed by atoms with Gasteiger partial charge in [-0.25, -0.2) is 0 Å². The molecule has 2 aromatic rings. The number of nitrogens with one attached hydrogen (secondary N) is 1. The zero-order valence-corrected chi connectivity index (χ0v) is 16.4. The van der Waals surface area contributed by atoms with Crippen molar-refractivity contribution in [3.05, 3.63) is 59.9 Å². The summed E-state index contributed by atoms with van der Waals surface area (Å²) in [5, 5.41) is 12.1. The molecule has 1 aliphatic carbocycles. The quantitative estimate of drug-likeness (QED) is 0.894. The number of fused-ring (bicyclic) bond motifs is 1. The second-order valence-corrected chi connectivity index (χ2v) is 8.91. The third kappa shape index (κ3) is 2.84. The molecule has 2 saturated heterocycles. The Labute approximate surface area is 166 Å². The SMILES string of the molecule is C[C@]12C[C@@H]3N[C@H]1CCCC[C@H]2N(C(=O)c1cccnn1)[C@H]3Cc1ccccc1. The van der Waals surface area contributed by atoms with Crippen molar-refractivity contribution in [3.8, 4) is 0 Å². The third-order valence-corrected chi connectivity index (χ3v) is 7.32. The lowest BCUT2D eigenvalue weighted by Crippen LogP contribution is -2.61. The normalized spacial score (nSPS) is 34.1. The summed E-state index contributed by atoms with van der Waals surface area (Å²) in [6, 6.07) is 15.4. The van der Waals surface area contributed by atoms with Crippen LogP contribution in [0.5, 0.6) is 0 Å². The first-order chi connectivity index (χ1) is 13.7. The monoisotopic (exact) mass is 376 g/mol. The summed E-state index contributed by atoms with van der Waals surface area (Å²) in [7, 11) is 0. The number of benzene rings is 1. The van der Waals surface area contributed by atoms with Crippen molar-refractivity contribution in [2.75, 3.05) is 0 Å². The number of hydrogen-bond acceptors (Lipinski definition) is 4. The Balaban J connectivity index is 1.56. The number of carbonyl (C=O) groups excluding carboxylic acids is 1. The molecule has 0 unspecified atom stereocenters. The first-order valence-electron chi connectivity index (χ1n) is 10.6. The van der Waals surface area contributed by atoms with Crippen LogP contribution in [-0.2, 0) is 6.42 Å². The van der Waals surface area contributed by atoms with Gasteiger partial charge in [0.2, 0.25) is 0 Å². The first kappa shape index (κ1) is 17.8. The summed E-state index contributed by atoms with van der Waals surface area (Å²) in [6.07, 6.45) is 8.39. The van der Waals surface area contributed by atoms with Crippen molar-refractivity contribution in [2.45, 2.75) is 69.6 Å². The van der Waals surface area contributed by atoms with Gasteiger partial charge in [0, 0.05) is 29.7 Å².